The number of halogens is 3. The molecule has 11 heteroatoms. The third kappa shape index (κ3) is 4.26. The van der Waals surface area contributed by atoms with Gasteiger partial charge in [0, 0.05) is 13.1 Å². The second-order valence-corrected chi connectivity index (χ2v) is 8.22. The summed E-state index contributed by atoms with van der Waals surface area (Å²) in [6, 6.07) is 7.16. The average molecular weight is 454 g/mol. The van der Waals surface area contributed by atoms with Crippen LogP contribution < -0.4 is 10.2 Å². The van der Waals surface area contributed by atoms with E-state index in [-0.39, 0.29) is 17.0 Å². The highest BCUT2D eigenvalue weighted by Crippen LogP contribution is 2.36. The molecule has 0 atom stereocenters. The second kappa shape index (κ2) is 8.23. The fourth-order valence-corrected chi connectivity index (χ4v) is 4.36. The number of H-pyrrole nitrogens is 1. The molecule has 0 bridgehead atoms. The van der Waals surface area contributed by atoms with Crippen molar-refractivity contribution in [3.8, 4) is 10.7 Å². The summed E-state index contributed by atoms with van der Waals surface area (Å²) in [6.07, 6.45) is -2.58. The Morgan fingerprint density at radius 1 is 1.27 bits per heavy atom. The molecule has 4 rings (SSSR count). The van der Waals surface area contributed by atoms with Gasteiger partial charge in [0.05, 0.1) is 21.8 Å². The van der Waals surface area contributed by atoms with Gasteiger partial charge in [0.25, 0.3) is 0 Å². The molecule has 2 N–H and O–H groups in total. The predicted octanol–water partition coefficient (Wildman–Crippen LogP) is 4.93. The van der Waals surface area contributed by atoms with E-state index in [0.717, 1.165) is 42.9 Å². The molecule has 3 aromatic rings. The average Bonchev–Trinajstić information content (AvgIpc) is 3.44. The highest BCUT2D eigenvalue weighted by Gasteiger charge is 2.32. The van der Waals surface area contributed by atoms with E-state index in [1.807, 2.05) is 22.4 Å². The maximum Gasteiger partial charge on any atom is 0.416 e. The van der Waals surface area contributed by atoms with Crippen LogP contribution in [0.15, 0.2) is 35.7 Å². The van der Waals surface area contributed by atoms with Gasteiger partial charge in [0.15, 0.2) is 10.6 Å². The second-order valence-electron chi connectivity index (χ2n) is 6.89. The number of nitrogens with one attached hydrogen (secondary N) is 2. The zero-order valence-corrected chi connectivity index (χ0v) is 17.3. The molecule has 0 unspecified atom stereocenters. The van der Waals surface area contributed by atoms with Gasteiger partial charge in [-0.3, -0.25) is 14.5 Å². The van der Waals surface area contributed by atoms with Crippen LogP contribution >= 0.6 is 23.6 Å². The standard InChI is InChI=1S/C19H18F3N5OS2/c20-19(21,22)12-5-6-14(26-7-1-2-8-26)13(10-12)23-16(28)11-27-17(24-25-18(27)29)15-4-3-9-30-15/h3-6,9-10H,1-2,7-8,11H2,(H,23,28)(H,25,29). The van der Waals surface area contributed by atoms with Crippen LogP contribution in [0.3, 0.4) is 0 Å². The van der Waals surface area contributed by atoms with Crippen LogP contribution in [0.2, 0.25) is 0 Å². The number of amides is 1. The molecule has 1 aliphatic rings. The van der Waals surface area contributed by atoms with Crippen molar-refractivity contribution < 1.29 is 18.0 Å². The highest BCUT2D eigenvalue weighted by atomic mass is 32.1. The number of alkyl halides is 3. The fraction of sp³-hybridized carbons (Fsp3) is 0.316. The summed E-state index contributed by atoms with van der Waals surface area (Å²) in [5, 5.41) is 11.4. The summed E-state index contributed by atoms with van der Waals surface area (Å²) < 4.78 is 41.5. The number of nitrogens with zero attached hydrogens (tertiary/aromatic N) is 3. The lowest BCUT2D eigenvalue weighted by atomic mass is 10.1. The number of benzene rings is 1. The fourth-order valence-electron chi connectivity index (χ4n) is 3.44. The number of aromatic nitrogens is 3. The van der Waals surface area contributed by atoms with Gasteiger partial charge in [-0.05, 0) is 54.7 Å². The van der Waals surface area contributed by atoms with Crippen LogP contribution in [-0.4, -0.2) is 33.8 Å². The number of hydrogen-bond donors (Lipinski definition) is 2. The Kier molecular flexibility index (Phi) is 5.65. The number of thiophene rings is 1. The first-order valence-corrected chi connectivity index (χ1v) is 10.6. The van der Waals surface area contributed by atoms with Crippen LogP contribution in [0.1, 0.15) is 18.4 Å². The molecule has 1 aromatic carbocycles. The molecular formula is C19H18F3N5OS2. The van der Waals surface area contributed by atoms with E-state index in [2.05, 4.69) is 15.5 Å². The number of carbonyl (C=O) groups is 1. The molecule has 1 aliphatic heterocycles. The van der Waals surface area contributed by atoms with Crippen LogP contribution in [-0.2, 0) is 17.5 Å². The van der Waals surface area contributed by atoms with Crippen molar-refractivity contribution in [2.45, 2.75) is 25.6 Å². The summed E-state index contributed by atoms with van der Waals surface area (Å²) in [6.45, 7) is 1.31. The van der Waals surface area contributed by atoms with Gasteiger partial charge in [-0.25, -0.2) is 0 Å². The minimum Gasteiger partial charge on any atom is -0.370 e. The third-order valence-corrected chi connectivity index (χ3v) is 6.02. The number of hydrogen-bond acceptors (Lipinski definition) is 5. The summed E-state index contributed by atoms with van der Waals surface area (Å²) in [4.78, 5) is 15.6. The molecule has 6 nitrogen and oxygen atoms in total. The molecule has 1 saturated heterocycles. The van der Waals surface area contributed by atoms with Crippen molar-refractivity contribution in [2.75, 3.05) is 23.3 Å². The van der Waals surface area contributed by atoms with Gasteiger partial charge >= 0.3 is 6.18 Å². The van der Waals surface area contributed by atoms with E-state index in [0.29, 0.717) is 11.5 Å². The summed E-state index contributed by atoms with van der Waals surface area (Å²) in [5.74, 6) is 0.0269. The van der Waals surface area contributed by atoms with E-state index >= 15 is 0 Å². The van der Waals surface area contributed by atoms with E-state index in [9.17, 15) is 18.0 Å². The van der Waals surface area contributed by atoms with Crippen molar-refractivity contribution in [1.82, 2.24) is 14.8 Å². The number of aromatic amines is 1. The minimum absolute atomic E-state index is 0.143. The van der Waals surface area contributed by atoms with Crippen molar-refractivity contribution in [3.05, 3.63) is 46.0 Å². The Morgan fingerprint density at radius 2 is 2.03 bits per heavy atom. The molecule has 0 saturated carbocycles. The number of carbonyl (C=O) groups excluding carboxylic acids is 1. The lowest BCUT2D eigenvalue weighted by molar-refractivity contribution is -0.137. The zero-order chi connectivity index (χ0) is 21.3. The normalized spacial score (nSPS) is 14.3. The molecule has 0 spiro atoms. The first-order chi connectivity index (χ1) is 14.3. The van der Waals surface area contributed by atoms with E-state index in [1.54, 1.807) is 0 Å². The Morgan fingerprint density at radius 3 is 2.70 bits per heavy atom. The molecule has 0 aliphatic carbocycles. The van der Waals surface area contributed by atoms with Gasteiger partial charge in [0.2, 0.25) is 5.91 Å². The van der Waals surface area contributed by atoms with Gasteiger partial charge in [-0.15, -0.1) is 11.3 Å². The van der Waals surface area contributed by atoms with Crippen LogP contribution in [0.5, 0.6) is 0 Å². The molecule has 1 fully saturated rings. The van der Waals surface area contributed by atoms with E-state index in [1.165, 1.54) is 22.0 Å². The number of anilines is 2. The maximum absolute atomic E-state index is 13.2. The van der Waals surface area contributed by atoms with Crippen molar-refractivity contribution in [3.63, 3.8) is 0 Å². The monoisotopic (exact) mass is 453 g/mol. The first-order valence-electron chi connectivity index (χ1n) is 9.28. The lowest BCUT2D eigenvalue weighted by Crippen LogP contribution is -2.24. The summed E-state index contributed by atoms with van der Waals surface area (Å²) >= 11 is 6.67. The SMILES string of the molecule is O=C(Cn1c(-c2cccs2)n[nH]c1=S)Nc1cc(C(F)(F)F)ccc1N1CCCC1. The number of rotatable bonds is 5. The molecule has 158 valence electrons. The quantitative estimate of drug-likeness (QED) is 0.538. The highest BCUT2D eigenvalue weighted by molar-refractivity contribution is 7.71. The van der Waals surface area contributed by atoms with Crippen molar-refractivity contribution in [1.29, 1.82) is 0 Å². The summed E-state index contributed by atoms with van der Waals surface area (Å²) in [5.41, 5.74) is -0.0764. The summed E-state index contributed by atoms with van der Waals surface area (Å²) in [7, 11) is 0. The lowest BCUT2D eigenvalue weighted by Gasteiger charge is -2.23. The first kappa shape index (κ1) is 20.6. The largest absolute Gasteiger partial charge is 0.416 e. The zero-order valence-electron chi connectivity index (χ0n) is 15.7. The molecular weight excluding hydrogens is 435 g/mol. The third-order valence-electron chi connectivity index (χ3n) is 4.85. The molecule has 2 aromatic heterocycles. The van der Waals surface area contributed by atoms with Crippen LogP contribution in [0.25, 0.3) is 10.7 Å². The Balaban J connectivity index is 1.61. The van der Waals surface area contributed by atoms with E-state index < -0.39 is 17.6 Å². The van der Waals surface area contributed by atoms with Crippen LogP contribution in [0.4, 0.5) is 24.5 Å². The maximum atomic E-state index is 13.2. The Labute approximate surface area is 179 Å². The predicted molar refractivity (Wildman–Crippen MR) is 112 cm³/mol. The van der Waals surface area contributed by atoms with Gasteiger partial charge < -0.3 is 10.2 Å². The van der Waals surface area contributed by atoms with Crippen molar-refractivity contribution in [2.24, 2.45) is 0 Å². The van der Waals surface area contributed by atoms with E-state index in [4.69, 9.17) is 12.2 Å². The van der Waals surface area contributed by atoms with Gasteiger partial charge in [-0.2, -0.15) is 18.3 Å². The van der Waals surface area contributed by atoms with Crippen LogP contribution in [0, 0.1) is 4.77 Å². The Hall–Kier alpha value is -2.66. The van der Waals surface area contributed by atoms with Gasteiger partial charge in [0.1, 0.15) is 6.54 Å². The minimum atomic E-state index is -4.50. The molecule has 0 radical (unpaired) electrons. The smallest absolute Gasteiger partial charge is 0.370 e. The molecule has 30 heavy (non-hydrogen) atoms. The van der Waals surface area contributed by atoms with Crippen molar-refractivity contribution >= 4 is 40.8 Å². The molecule has 1 amide bonds. The Bertz CT molecular complexity index is 1100. The molecule has 3 heterocycles. The van der Waals surface area contributed by atoms with Gasteiger partial charge in [-0.1, -0.05) is 6.07 Å². The topological polar surface area (TPSA) is 66.0 Å².